The second-order valence-electron chi connectivity index (χ2n) is 3.85. The lowest BCUT2D eigenvalue weighted by Crippen LogP contribution is -2.04. The Kier molecular flexibility index (Phi) is 5.22. The van der Waals surface area contributed by atoms with Gasteiger partial charge in [0.15, 0.2) is 5.03 Å². The summed E-state index contributed by atoms with van der Waals surface area (Å²) in [5.41, 5.74) is -0.160. The number of hydrogen-bond donors (Lipinski definition) is 1. The summed E-state index contributed by atoms with van der Waals surface area (Å²) >= 11 is 12.9. The highest BCUT2D eigenvalue weighted by Gasteiger charge is 2.18. The molecule has 1 aromatic carbocycles. The summed E-state index contributed by atoms with van der Waals surface area (Å²) in [5, 5.41) is 15.0. The molecule has 9 heteroatoms. The van der Waals surface area contributed by atoms with E-state index in [0.717, 1.165) is 11.8 Å². The molecule has 0 amide bonds. The summed E-state index contributed by atoms with van der Waals surface area (Å²) in [4.78, 5) is 19.3. The molecule has 1 heterocycles. The van der Waals surface area contributed by atoms with E-state index < -0.39 is 4.92 Å². The van der Waals surface area contributed by atoms with Gasteiger partial charge in [0.2, 0.25) is 5.95 Å². The number of rotatable bonds is 5. The number of aromatic nitrogens is 2. The molecule has 0 atom stereocenters. The van der Waals surface area contributed by atoms with Gasteiger partial charge in [-0.2, -0.15) is 4.98 Å². The first-order valence-electron chi connectivity index (χ1n) is 5.89. The first-order valence-corrected chi connectivity index (χ1v) is 7.46. The Morgan fingerprint density at radius 2 is 2.14 bits per heavy atom. The molecule has 1 N–H and O–H groups in total. The van der Waals surface area contributed by atoms with Gasteiger partial charge in [0.1, 0.15) is 6.20 Å². The molecule has 0 saturated heterocycles. The topological polar surface area (TPSA) is 81.0 Å². The number of benzene rings is 1. The SMILES string of the molecule is CCNc1ncc([N+](=O)[O-])c(Sc2ccc(Cl)c(Cl)c2)n1. The highest BCUT2D eigenvalue weighted by Crippen LogP contribution is 2.36. The van der Waals surface area contributed by atoms with Crippen molar-refractivity contribution in [1.29, 1.82) is 0 Å². The van der Waals surface area contributed by atoms with Crippen molar-refractivity contribution in [2.24, 2.45) is 0 Å². The molecule has 0 aliphatic carbocycles. The van der Waals surface area contributed by atoms with Crippen LogP contribution in [0.15, 0.2) is 34.3 Å². The van der Waals surface area contributed by atoms with E-state index in [2.05, 4.69) is 15.3 Å². The third kappa shape index (κ3) is 3.96. The molecule has 2 aromatic rings. The fourth-order valence-electron chi connectivity index (χ4n) is 1.46. The van der Waals surface area contributed by atoms with Crippen LogP contribution in [0.25, 0.3) is 0 Å². The fourth-order valence-corrected chi connectivity index (χ4v) is 2.72. The molecule has 21 heavy (non-hydrogen) atoms. The number of anilines is 1. The van der Waals surface area contributed by atoms with Crippen molar-refractivity contribution in [3.8, 4) is 0 Å². The molecule has 6 nitrogen and oxygen atoms in total. The first-order chi connectivity index (χ1) is 10.0. The smallest absolute Gasteiger partial charge is 0.320 e. The highest BCUT2D eigenvalue weighted by molar-refractivity contribution is 7.99. The molecule has 0 aliphatic heterocycles. The molecule has 0 bridgehead atoms. The van der Waals surface area contributed by atoms with E-state index in [-0.39, 0.29) is 10.7 Å². The van der Waals surface area contributed by atoms with Gasteiger partial charge in [0.05, 0.1) is 15.0 Å². The Morgan fingerprint density at radius 1 is 1.38 bits per heavy atom. The zero-order chi connectivity index (χ0) is 15.4. The molecule has 0 fully saturated rings. The third-order valence-electron chi connectivity index (χ3n) is 2.37. The predicted octanol–water partition coefficient (Wildman–Crippen LogP) is 4.27. The summed E-state index contributed by atoms with van der Waals surface area (Å²) in [5.74, 6) is 0.339. The Morgan fingerprint density at radius 3 is 2.76 bits per heavy atom. The van der Waals surface area contributed by atoms with Crippen molar-refractivity contribution in [3.05, 3.63) is 44.6 Å². The van der Waals surface area contributed by atoms with Crippen LogP contribution in [0.3, 0.4) is 0 Å². The molecule has 0 radical (unpaired) electrons. The van der Waals surface area contributed by atoms with Crippen LogP contribution >= 0.6 is 35.0 Å². The van der Waals surface area contributed by atoms with E-state index in [4.69, 9.17) is 23.2 Å². The van der Waals surface area contributed by atoms with E-state index in [1.165, 1.54) is 6.20 Å². The lowest BCUT2D eigenvalue weighted by Gasteiger charge is -2.06. The number of halogens is 2. The molecule has 0 saturated carbocycles. The van der Waals surface area contributed by atoms with Crippen molar-refractivity contribution < 1.29 is 4.92 Å². The largest absolute Gasteiger partial charge is 0.354 e. The van der Waals surface area contributed by atoms with E-state index in [1.807, 2.05) is 6.92 Å². The minimum atomic E-state index is -0.518. The Balaban J connectivity index is 2.37. The molecule has 0 unspecified atom stereocenters. The number of nitro groups is 1. The second kappa shape index (κ2) is 6.93. The van der Waals surface area contributed by atoms with Gasteiger partial charge in [-0.1, -0.05) is 35.0 Å². The maximum absolute atomic E-state index is 11.0. The van der Waals surface area contributed by atoms with Crippen molar-refractivity contribution in [2.75, 3.05) is 11.9 Å². The minimum Gasteiger partial charge on any atom is -0.354 e. The Bertz CT molecular complexity index is 684. The van der Waals surface area contributed by atoms with Gasteiger partial charge < -0.3 is 5.32 Å². The quantitative estimate of drug-likeness (QED) is 0.495. The molecule has 2 rings (SSSR count). The van der Waals surface area contributed by atoms with Crippen LogP contribution in [-0.4, -0.2) is 21.4 Å². The van der Waals surface area contributed by atoms with Crippen LogP contribution in [0.5, 0.6) is 0 Å². The molecule has 1 aromatic heterocycles. The van der Waals surface area contributed by atoms with Crippen molar-refractivity contribution in [1.82, 2.24) is 9.97 Å². The number of nitrogens with one attached hydrogen (secondary N) is 1. The van der Waals surface area contributed by atoms with Crippen LogP contribution in [0.4, 0.5) is 11.6 Å². The maximum atomic E-state index is 11.0. The van der Waals surface area contributed by atoms with E-state index in [9.17, 15) is 10.1 Å². The normalized spacial score (nSPS) is 10.4. The maximum Gasteiger partial charge on any atom is 0.320 e. The van der Waals surface area contributed by atoms with E-state index >= 15 is 0 Å². The van der Waals surface area contributed by atoms with Crippen LogP contribution < -0.4 is 5.32 Å². The average molecular weight is 345 g/mol. The number of hydrogen-bond acceptors (Lipinski definition) is 6. The second-order valence-corrected chi connectivity index (χ2v) is 5.73. The van der Waals surface area contributed by atoms with Gasteiger partial charge in [-0.05, 0) is 25.1 Å². The van der Waals surface area contributed by atoms with Gasteiger partial charge >= 0.3 is 5.69 Å². The van der Waals surface area contributed by atoms with Gasteiger partial charge in [-0.3, -0.25) is 10.1 Å². The highest BCUT2D eigenvalue weighted by atomic mass is 35.5. The van der Waals surface area contributed by atoms with Crippen molar-refractivity contribution >= 4 is 46.6 Å². The lowest BCUT2D eigenvalue weighted by molar-refractivity contribution is -0.388. The first kappa shape index (κ1) is 15.8. The van der Waals surface area contributed by atoms with Crippen LogP contribution in [0.1, 0.15) is 6.92 Å². The summed E-state index contributed by atoms with van der Waals surface area (Å²) in [6.07, 6.45) is 1.19. The fraction of sp³-hybridized carbons (Fsp3) is 0.167. The predicted molar refractivity (Wildman–Crippen MR) is 83.4 cm³/mol. The zero-order valence-electron chi connectivity index (χ0n) is 10.8. The third-order valence-corrected chi connectivity index (χ3v) is 4.10. The summed E-state index contributed by atoms with van der Waals surface area (Å²) in [7, 11) is 0. The van der Waals surface area contributed by atoms with Gasteiger partial charge in [0, 0.05) is 11.4 Å². The molecular formula is C12H10Cl2N4O2S. The molecule has 0 aliphatic rings. The molecule has 0 spiro atoms. The Hall–Kier alpha value is -1.57. The van der Waals surface area contributed by atoms with Gasteiger partial charge in [-0.15, -0.1) is 0 Å². The van der Waals surface area contributed by atoms with Crippen LogP contribution in [0, 0.1) is 10.1 Å². The Labute approximate surface area is 135 Å². The average Bonchev–Trinajstić information content (AvgIpc) is 2.43. The standard InChI is InChI=1S/C12H10Cl2N4O2S/c1-2-15-12-16-6-10(18(19)20)11(17-12)21-7-3-4-8(13)9(14)5-7/h3-6H,2H2,1H3,(H,15,16,17). The van der Waals surface area contributed by atoms with E-state index in [0.29, 0.717) is 27.4 Å². The summed E-state index contributed by atoms with van der Waals surface area (Å²) in [6.45, 7) is 2.51. The van der Waals surface area contributed by atoms with Crippen LogP contribution in [0.2, 0.25) is 10.0 Å². The molecule has 110 valence electrons. The lowest BCUT2D eigenvalue weighted by atomic mass is 10.4. The van der Waals surface area contributed by atoms with Crippen molar-refractivity contribution in [3.63, 3.8) is 0 Å². The monoisotopic (exact) mass is 344 g/mol. The van der Waals surface area contributed by atoms with Crippen molar-refractivity contribution in [2.45, 2.75) is 16.8 Å². The number of nitrogens with zero attached hydrogens (tertiary/aromatic N) is 3. The van der Waals surface area contributed by atoms with Crippen LogP contribution in [-0.2, 0) is 0 Å². The molecular weight excluding hydrogens is 335 g/mol. The zero-order valence-corrected chi connectivity index (χ0v) is 13.2. The minimum absolute atomic E-state index is 0.160. The van der Waals surface area contributed by atoms with E-state index in [1.54, 1.807) is 18.2 Å². The van der Waals surface area contributed by atoms with Gasteiger partial charge in [0.25, 0.3) is 0 Å². The van der Waals surface area contributed by atoms with Gasteiger partial charge in [-0.25, -0.2) is 4.98 Å². The summed E-state index contributed by atoms with van der Waals surface area (Å²) in [6, 6.07) is 4.98. The summed E-state index contributed by atoms with van der Waals surface area (Å²) < 4.78 is 0.